The number of rotatable bonds is 0. The maximum atomic E-state index is 12.3. The van der Waals surface area contributed by atoms with Gasteiger partial charge in [0, 0.05) is 30.4 Å². The summed E-state index contributed by atoms with van der Waals surface area (Å²) in [4.78, 5) is 16.7. The molecule has 0 aromatic carbocycles. The second-order valence-corrected chi connectivity index (χ2v) is 5.70. The van der Waals surface area contributed by atoms with Crippen LogP contribution in [0.25, 0.3) is 11.3 Å². The van der Waals surface area contributed by atoms with Crippen molar-refractivity contribution in [3.8, 4) is 11.3 Å². The van der Waals surface area contributed by atoms with E-state index in [1.807, 2.05) is 26.2 Å². The molecule has 0 saturated heterocycles. The zero-order valence-corrected chi connectivity index (χ0v) is 12.5. The molecule has 3 heterocycles. The van der Waals surface area contributed by atoms with Crippen molar-refractivity contribution >= 4 is 11.6 Å². The number of carbonyl (C=O) groups excluding carboxylic acids is 1. The number of hydrogen-bond acceptors (Lipinski definition) is 3. The Bertz CT molecular complexity index is 662. The average molecular weight is 284 g/mol. The molecule has 2 aromatic heterocycles. The fourth-order valence-corrected chi connectivity index (χ4v) is 2.78. The van der Waals surface area contributed by atoms with E-state index in [9.17, 15) is 4.79 Å². The van der Waals surface area contributed by atoms with E-state index in [4.69, 9.17) is 0 Å². The fraction of sp³-hybridized carbons (Fsp3) is 0.438. The van der Waals surface area contributed by atoms with E-state index in [0.717, 1.165) is 48.3 Å². The first kappa shape index (κ1) is 13.8. The summed E-state index contributed by atoms with van der Waals surface area (Å²) in [5.41, 5.74) is 3.84. The molecular weight excluding hydrogens is 264 g/mol. The SMILES string of the molecule is CC1CCCCc2cc(ccn2)-c2c(cnn2C)NC1=O. The van der Waals surface area contributed by atoms with Crippen LogP contribution in [0.3, 0.4) is 0 Å². The Kier molecular flexibility index (Phi) is 3.73. The molecule has 0 saturated carbocycles. The van der Waals surface area contributed by atoms with Gasteiger partial charge >= 0.3 is 0 Å². The molecule has 21 heavy (non-hydrogen) atoms. The second-order valence-electron chi connectivity index (χ2n) is 5.70. The first-order valence-corrected chi connectivity index (χ1v) is 7.43. The minimum atomic E-state index is 0.0174. The fourth-order valence-electron chi connectivity index (χ4n) is 2.78. The molecule has 5 heteroatoms. The van der Waals surface area contributed by atoms with E-state index in [0.29, 0.717) is 0 Å². The molecule has 1 atom stereocenters. The molecule has 1 unspecified atom stereocenters. The van der Waals surface area contributed by atoms with E-state index in [1.165, 1.54) is 0 Å². The number of amides is 1. The van der Waals surface area contributed by atoms with Gasteiger partial charge in [-0.2, -0.15) is 5.10 Å². The van der Waals surface area contributed by atoms with Gasteiger partial charge in [0.15, 0.2) is 0 Å². The van der Waals surface area contributed by atoms with Gasteiger partial charge in [0.25, 0.3) is 0 Å². The van der Waals surface area contributed by atoms with Crippen molar-refractivity contribution < 1.29 is 4.79 Å². The highest BCUT2D eigenvalue weighted by molar-refractivity contribution is 5.95. The van der Waals surface area contributed by atoms with E-state index in [-0.39, 0.29) is 11.8 Å². The number of nitrogens with zero attached hydrogens (tertiary/aromatic N) is 3. The van der Waals surface area contributed by atoms with Crippen LogP contribution >= 0.6 is 0 Å². The van der Waals surface area contributed by atoms with E-state index in [1.54, 1.807) is 10.9 Å². The molecule has 2 bridgehead atoms. The van der Waals surface area contributed by atoms with E-state index in [2.05, 4.69) is 21.5 Å². The third-order valence-corrected chi connectivity index (χ3v) is 4.05. The molecule has 5 nitrogen and oxygen atoms in total. The van der Waals surface area contributed by atoms with Crippen molar-refractivity contribution in [2.45, 2.75) is 32.6 Å². The molecule has 0 spiro atoms. The Labute approximate surface area is 124 Å². The molecule has 3 rings (SSSR count). The number of hydrogen-bond donors (Lipinski definition) is 1. The lowest BCUT2D eigenvalue weighted by molar-refractivity contribution is -0.119. The zero-order valence-electron chi connectivity index (χ0n) is 12.5. The van der Waals surface area contributed by atoms with E-state index >= 15 is 0 Å². The van der Waals surface area contributed by atoms with Crippen LogP contribution < -0.4 is 5.32 Å². The third kappa shape index (κ3) is 2.82. The monoisotopic (exact) mass is 284 g/mol. The smallest absolute Gasteiger partial charge is 0.227 e. The van der Waals surface area contributed by atoms with Gasteiger partial charge in [-0.3, -0.25) is 14.5 Å². The van der Waals surface area contributed by atoms with Crippen LogP contribution in [-0.4, -0.2) is 20.7 Å². The van der Waals surface area contributed by atoms with Crippen molar-refractivity contribution in [2.75, 3.05) is 5.32 Å². The van der Waals surface area contributed by atoms with Gasteiger partial charge in [0.05, 0.1) is 17.6 Å². The van der Waals surface area contributed by atoms with Gasteiger partial charge in [-0.05, 0) is 31.4 Å². The molecular formula is C16H20N4O. The van der Waals surface area contributed by atoms with Crippen LogP contribution in [0, 0.1) is 5.92 Å². The summed E-state index contributed by atoms with van der Waals surface area (Å²) in [6.07, 6.45) is 7.51. The van der Waals surface area contributed by atoms with Crippen LogP contribution in [0.15, 0.2) is 24.5 Å². The first-order valence-electron chi connectivity index (χ1n) is 7.43. The van der Waals surface area contributed by atoms with Gasteiger partial charge in [-0.15, -0.1) is 0 Å². The lowest BCUT2D eigenvalue weighted by Gasteiger charge is -2.14. The van der Waals surface area contributed by atoms with Gasteiger partial charge < -0.3 is 5.32 Å². The number of pyridine rings is 1. The summed E-state index contributed by atoms with van der Waals surface area (Å²) in [7, 11) is 1.89. The van der Waals surface area contributed by atoms with Crippen LogP contribution in [0.2, 0.25) is 0 Å². The highest BCUT2D eigenvalue weighted by Crippen LogP contribution is 2.29. The molecule has 1 amide bonds. The number of aryl methyl sites for hydroxylation is 2. The Morgan fingerprint density at radius 3 is 3.10 bits per heavy atom. The average Bonchev–Trinajstić information content (AvgIpc) is 2.83. The summed E-state index contributed by atoms with van der Waals surface area (Å²) < 4.78 is 1.80. The molecule has 0 aliphatic carbocycles. The predicted molar refractivity (Wildman–Crippen MR) is 81.8 cm³/mol. The number of nitrogens with one attached hydrogen (secondary N) is 1. The van der Waals surface area contributed by atoms with Gasteiger partial charge in [0.2, 0.25) is 5.91 Å². The third-order valence-electron chi connectivity index (χ3n) is 4.05. The highest BCUT2D eigenvalue weighted by Gasteiger charge is 2.18. The zero-order chi connectivity index (χ0) is 14.8. The highest BCUT2D eigenvalue weighted by atomic mass is 16.1. The lowest BCUT2D eigenvalue weighted by Crippen LogP contribution is -2.20. The molecule has 0 fully saturated rings. The summed E-state index contributed by atoms with van der Waals surface area (Å²) in [6.45, 7) is 1.98. The van der Waals surface area contributed by atoms with Crippen molar-refractivity contribution in [1.82, 2.24) is 14.8 Å². The maximum absolute atomic E-state index is 12.3. The Morgan fingerprint density at radius 2 is 2.24 bits per heavy atom. The largest absolute Gasteiger partial charge is 0.323 e. The topological polar surface area (TPSA) is 59.8 Å². The summed E-state index contributed by atoms with van der Waals surface area (Å²) >= 11 is 0. The minimum Gasteiger partial charge on any atom is -0.323 e. The van der Waals surface area contributed by atoms with Crippen LogP contribution in [0.5, 0.6) is 0 Å². The molecule has 2 aromatic rings. The van der Waals surface area contributed by atoms with Crippen LogP contribution in [-0.2, 0) is 18.3 Å². The summed E-state index contributed by atoms with van der Waals surface area (Å²) in [5, 5.41) is 7.30. The normalized spacial score (nSPS) is 19.1. The molecule has 1 aliphatic rings. The predicted octanol–water partition coefficient (Wildman–Crippen LogP) is 2.78. The van der Waals surface area contributed by atoms with Gasteiger partial charge in [-0.1, -0.05) is 13.3 Å². The number of fused-ring (bicyclic) bond motifs is 4. The van der Waals surface area contributed by atoms with Crippen molar-refractivity contribution in [3.05, 3.63) is 30.2 Å². The first-order chi connectivity index (χ1) is 10.1. The molecule has 0 radical (unpaired) electrons. The summed E-state index contributed by atoms with van der Waals surface area (Å²) in [6, 6.07) is 4.06. The molecule has 1 aliphatic heterocycles. The Hall–Kier alpha value is -2.17. The standard InChI is InChI=1S/C16H20N4O/c1-11-5-3-4-6-13-9-12(7-8-17-13)15-14(19-16(11)21)10-18-20(15)2/h7-11H,3-6H2,1-2H3,(H,19,21). The maximum Gasteiger partial charge on any atom is 0.227 e. The second kappa shape index (κ2) is 5.68. The molecule has 110 valence electrons. The van der Waals surface area contributed by atoms with Gasteiger partial charge in [0.1, 0.15) is 0 Å². The van der Waals surface area contributed by atoms with E-state index < -0.39 is 0 Å². The summed E-state index contributed by atoms with van der Waals surface area (Å²) in [5.74, 6) is 0.0860. The number of carbonyl (C=O) groups is 1. The Morgan fingerprint density at radius 1 is 1.38 bits per heavy atom. The molecule has 1 N–H and O–H groups in total. The Balaban J connectivity index is 2.07. The minimum absolute atomic E-state index is 0.0174. The van der Waals surface area contributed by atoms with Crippen molar-refractivity contribution in [2.24, 2.45) is 13.0 Å². The number of aromatic nitrogens is 3. The van der Waals surface area contributed by atoms with Crippen LogP contribution in [0.4, 0.5) is 5.69 Å². The van der Waals surface area contributed by atoms with Crippen LogP contribution in [0.1, 0.15) is 31.9 Å². The van der Waals surface area contributed by atoms with Crippen molar-refractivity contribution in [3.63, 3.8) is 0 Å². The van der Waals surface area contributed by atoms with Gasteiger partial charge in [-0.25, -0.2) is 0 Å². The number of anilines is 1. The van der Waals surface area contributed by atoms with Crippen molar-refractivity contribution in [1.29, 1.82) is 0 Å². The quantitative estimate of drug-likeness (QED) is 0.809. The lowest BCUT2D eigenvalue weighted by atomic mass is 10.00.